The summed E-state index contributed by atoms with van der Waals surface area (Å²) in [6.45, 7) is 2.18. The molecule has 0 saturated carbocycles. The number of hydroxylamine groups is 1. The molecule has 0 aliphatic carbocycles. The molecule has 1 aromatic carbocycles. The largest absolute Gasteiger partial charge is 0.408 e. The lowest BCUT2D eigenvalue weighted by Gasteiger charge is -2.30. The van der Waals surface area contributed by atoms with E-state index in [1.165, 1.54) is 12.8 Å². The third kappa shape index (κ3) is 2.36. The van der Waals surface area contributed by atoms with Gasteiger partial charge in [-0.25, -0.2) is 0 Å². The lowest BCUT2D eigenvalue weighted by Crippen LogP contribution is -2.41. The zero-order chi connectivity index (χ0) is 11.4. The van der Waals surface area contributed by atoms with Crippen LogP contribution in [-0.2, 0) is 0 Å². The SMILES string of the molecule is CCCCCC1NOc2ccccc2C1O. The number of aliphatic hydroxyl groups excluding tert-OH is 1. The third-order valence-corrected chi connectivity index (χ3v) is 3.06. The van der Waals surface area contributed by atoms with Crippen molar-refractivity contribution in [3.05, 3.63) is 29.8 Å². The number of hydrogen-bond donors (Lipinski definition) is 2. The number of para-hydroxylation sites is 1. The zero-order valence-electron chi connectivity index (χ0n) is 9.65. The lowest BCUT2D eigenvalue weighted by atomic mass is 9.96. The van der Waals surface area contributed by atoms with Crippen molar-refractivity contribution in [3.8, 4) is 5.75 Å². The van der Waals surface area contributed by atoms with Gasteiger partial charge in [0.25, 0.3) is 0 Å². The fraction of sp³-hybridized carbons (Fsp3) is 0.538. The summed E-state index contributed by atoms with van der Waals surface area (Å²) in [5.41, 5.74) is 3.83. The van der Waals surface area contributed by atoms with Crippen LogP contribution < -0.4 is 10.3 Å². The van der Waals surface area contributed by atoms with Crippen LogP contribution >= 0.6 is 0 Å². The van der Waals surface area contributed by atoms with E-state index in [2.05, 4.69) is 12.4 Å². The normalized spacial score (nSPS) is 23.6. The maximum absolute atomic E-state index is 10.2. The standard InChI is InChI=1S/C13H19NO2/c1-2-3-4-8-11-13(15)10-7-5-6-9-12(10)16-14-11/h5-7,9,11,13-15H,2-4,8H2,1H3. The molecule has 1 aliphatic heterocycles. The summed E-state index contributed by atoms with van der Waals surface area (Å²) in [4.78, 5) is 5.43. The van der Waals surface area contributed by atoms with Crippen LogP contribution in [0, 0.1) is 0 Å². The summed E-state index contributed by atoms with van der Waals surface area (Å²) in [6, 6.07) is 7.65. The second-order valence-electron chi connectivity index (χ2n) is 4.30. The molecule has 88 valence electrons. The molecule has 3 nitrogen and oxygen atoms in total. The first-order chi connectivity index (χ1) is 7.83. The van der Waals surface area contributed by atoms with Gasteiger partial charge in [-0.05, 0) is 12.5 Å². The Kier molecular flexibility index (Phi) is 3.80. The maximum atomic E-state index is 10.2. The Labute approximate surface area is 96.4 Å². The van der Waals surface area contributed by atoms with Crippen molar-refractivity contribution in [1.82, 2.24) is 5.48 Å². The molecule has 0 saturated heterocycles. The highest BCUT2D eigenvalue weighted by atomic mass is 16.7. The van der Waals surface area contributed by atoms with Gasteiger partial charge in [0.1, 0.15) is 6.10 Å². The van der Waals surface area contributed by atoms with Crippen molar-refractivity contribution in [2.24, 2.45) is 0 Å². The predicted octanol–water partition coefficient (Wildman–Crippen LogP) is 2.57. The van der Waals surface area contributed by atoms with Gasteiger partial charge in [0.15, 0.2) is 5.75 Å². The molecule has 1 aromatic rings. The first-order valence-electron chi connectivity index (χ1n) is 6.02. The Bertz CT molecular complexity index is 340. The molecule has 16 heavy (non-hydrogen) atoms. The molecule has 2 atom stereocenters. The van der Waals surface area contributed by atoms with Crippen LogP contribution in [0.4, 0.5) is 0 Å². The molecule has 2 unspecified atom stereocenters. The Hall–Kier alpha value is -1.06. The minimum Gasteiger partial charge on any atom is -0.408 e. The van der Waals surface area contributed by atoms with E-state index in [0.29, 0.717) is 0 Å². The van der Waals surface area contributed by atoms with E-state index in [1.54, 1.807) is 0 Å². The predicted molar refractivity (Wildman–Crippen MR) is 63.1 cm³/mol. The van der Waals surface area contributed by atoms with Crippen LogP contribution in [0.1, 0.15) is 44.3 Å². The van der Waals surface area contributed by atoms with Crippen molar-refractivity contribution in [1.29, 1.82) is 0 Å². The fourth-order valence-corrected chi connectivity index (χ4v) is 2.07. The quantitative estimate of drug-likeness (QED) is 0.768. The van der Waals surface area contributed by atoms with Gasteiger partial charge in [0, 0.05) is 5.56 Å². The van der Waals surface area contributed by atoms with Crippen LogP contribution in [0.3, 0.4) is 0 Å². The van der Waals surface area contributed by atoms with Gasteiger partial charge in [-0.2, -0.15) is 5.48 Å². The monoisotopic (exact) mass is 221 g/mol. The number of benzene rings is 1. The van der Waals surface area contributed by atoms with Crippen LogP contribution in [0.5, 0.6) is 5.75 Å². The van der Waals surface area contributed by atoms with Crippen molar-refractivity contribution in [3.63, 3.8) is 0 Å². The van der Waals surface area contributed by atoms with Gasteiger partial charge < -0.3 is 9.94 Å². The van der Waals surface area contributed by atoms with E-state index in [0.717, 1.165) is 24.2 Å². The summed E-state index contributed by atoms with van der Waals surface area (Å²) in [7, 11) is 0. The second kappa shape index (κ2) is 5.32. The molecular weight excluding hydrogens is 202 g/mol. The molecule has 0 bridgehead atoms. The molecule has 1 aliphatic rings. The van der Waals surface area contributed by atoms with E-state index < -0.39 is 6.10 Å². The van der Waals surface area contributed by atoms with Gasteiger partial charge in [0.2, 0.25) is 0 Å². The summed E-state index contributed by atoms with van der Waals surface area (Å²) >= 11 is 0. The highest BCUT2D eigenvalue weighted by Gasteiger charge is 2.28. The summed E-state index contributed by atoms with van der Waals surface area (Å²) < 4.78 is 0. The Morgan fingerprint density at radius 2 is 2.12 bits per heavy atom. The first kappa shape index (κ1) is 11.4. The molecule has 0 amide bonds. The molecular formula is C13H19NO2. The van der Waals surface area contributed by atoms with Crippen molar-refractivity contribution >= 4 is 0 Å². The summed E-state index contributed by atoms with van der Waals surface area (Å²) in [5, 5.41) is 10.2. The van der Waals surface area contributed by atoms with E-state index in [4.69, 9.17) is 4.84 Å². The maximum Gasteiger partial charge on any atom is 0.153 e. The lowest BCUT2D eigenvalue weighted by molar-refractivity contribution is 0.0222. The Morgan fingerprint density at radius 3 is 2.94 bits per heavy atom. The molecule has 2 rings (SSSR count). The van der Waals surface area contributed by atoms with Crippen LogP contribution in [-0.4, -0.2) is 11.1 Å². The van der Waals surface area contributed by atoms with Crippen LogP contribution in [0.15, 0.2) is 24.3 Å². The minimum absolute atomic E-state index is 0.0152. The van der Waals surface area contributed by atoms with Gasteiger partial charge in [-0.1, -0.05) is 44.4 Å². The number of nitrogens with one attached hydrogen (secondary N) is 1. The number of rotatable bonds is 4. The Morgan fingerprint density at radius 1 is 1.31 bits per heavy atom. The number of hydrogen-bond acceptors (Lipinski definition) is 3. The molecule has 2 N–H and O–H groups in total. The van der Waals surface area contributed by atoms with E-state index in [9.17, 15) is 5.11 Å². The molecule has 0 spiro atoms. The van der Waals surface area contributed by atoms with E-state index >= 15 is 0 Å². The van der Waals surface area contributed by atoms with Crippen LogP contribution in [0.25, 0.3) is 0 Å². The Balaban J connectivity index is 2.00. The topological polar surface area (TPSA) is 41.5 Å². The number of aliphatic hydroxyl groups is 1. The average molecular weight is 221 g/mol. The summed E-state index contributed by atoms with van der Waals surface area (Å²) in [5.74, 6) is 0.738. The van der Waals surface area contributed by atoms with Crippen molar-refractivity contribution in [2.45, 2.75) is 44.8 Å². The molecule has 0 fully saturated rings. The molecule has 1 heterocycles. The zero-order valence-corrected chi connectivity index (χ0v) is 9.65. The first-order valence-corrected chi connectivity index (χ1v) is 6.02. The van der Waals surface area contributed by atoms with Gasteiger partial charge >= 0.3 is 0 Å². The van der Waals surface area contributed by atoms with Crippen molar-refractivity contribution in [2.75, 3.05) is 0 Å². The molecule has 0 radical (unpaired) electrons. The molecule has 0 aromatic heterocycles. The minimum atomic E-state index is -0.457. The number of unbranched alkanes of at least 4 members (excludes halogenated alkanes) is 2. The molecule has 3 heteroatoms. The van der Waals surface area contributed by atoms with Crippen LogP contribution in [0.2, 0.25) is 0 Å². The van der Waals surface area contributed by atoms with E-state index in [-0.39, 0.29) is 6.04 Å². The highest BCUT2D eigenvalue weighted by Crippen LogP contribution is 2.32. The van der Waals surface area contributed by atoms with Crippen molar-refractivity contribution < 1.29 is 9.94 Å². The van der Waals surface area contributed by atoms with Gasteiger partial charge in [-0.15, -0.1) is 0 Å². The average Bonchev–Trinajstić information content (AvgIpc) is 2.33. The number of fused-ring (bicyclic) bond motifs is 1. The fourth-order valence-electron chi connectivity index (χ4n) is 2.07. The van der Waals surface area contributed by atoms with E-state index in [1.807, 2.05) is 24.3 Å². The second-order valence-corrected chi connectivity index (χ2v) is 4.30. The van der Waals surface area contributed by atoms with Gasteiger partial charge in [0.05, 0.1) is 6.04 Å². The highest BCUT2D eigenvalue weighted by molar-refractivity contribution is 5.36. The van der Waals surface area contributed by atoms with Gasteiger partial charge in [-0.3, -0.25) is 0 Å². The third-order valence-electron chi connectivity index (χ3n) is 3.06. The summed E-state index contributed by atoms with van der Waals surface area (Å²) in [6.07, 6.45) is 4.01. The smallest absolute Gasteiger partial charge is 0.153 e.